The highest BCUT2D eigenvalue weighted by atomic mass is 16.3. The van der Waals surface area contributed by atoms with E-state index >= 15 is 0 Å². The van der Waals surface area contributed by atoms with Gasteiger partial charge in [-0.15, -0.1) is 0 Å². The van der Waals surface area contributed by atoms with Gasteiger partial charge in [-0.25, -0.2) is 0 Å². The van der Waals surface area contributed by atoms with E-state index in [1.807, 2.05) is 39.8 Å². The molecule has 156 valence electrons. The van der Waals surface area contributed by atoms with Crippen LogP contribution < -0.4 is 10.6 Å². The SMILES string of the molecule is Cc1cc2cc(-c3cc(C(=O)NC(C)(C)C)co3)ccc2[nH]1.OCC1CCCN1. The Bertz CT molecular complexity index is 959. The number of carbonyl (C=O) groups is 1. The van der Waals surface area contributed by atoms with Gasteiger partial charge in [-0.3, -0.25) is 4.79 Å². The Balaban J connectivity index is 0.000000290. The lowest BCUT2D eigenvalue weighted by Gasteiger charge is -2.19. The Morgan fingerprint density at radius 1 is 1.28 bits per heavy atom. The number of nitrogens with one attached hydrogen (secondary N) is 3. The van der Waals surface area contributed by atoms with E-state index in [9.17, 15) is 4.79 Å². The standard InChI is InChI=1S/C18H20N2O2.C5H11NO/c1-11-7-13-8-12(5-6-15(13)19-11)16-9-14(10-22-16)17(21)20-18(2,3)4;7-4-5-2-1-3-6-5/h5-10,19H,1-4H3,(H,20,21);5-7H,1-4H2. The van der Waals surface area contributed by atoms with Crippen molar-refractivity contribution in [3.8, 4) is 11.3 Å². The van der Waals surface area contributed by atoms with Gasteiger partial charge in [0.25, 0.3) is 5.91 Å². The van der Waals surface area contributed by atoms with E-state index in [0.717, 1.165) is 35.1 Å². The van der Waals surface area contributed by atoms with Crippen molar-refractivity contribution in [1.82, 2.24) is 15.6 Å². The van der Waals surface area contributed by atoms with Crippen molar-refractivity contribution in [2.24, 2.45) is 0 Å². The first-order valence-corrected chi connectivity index (χ1v) is 10.1. The second kappa shape index (κ2) is 8.84. The van der Waals surface area contributed by atoms with Crippen LogP contribution in [0.25, 0.3) is 22.2 Å². The molecule has 4 N–H and O–H groups in total. The minimum absolute atomic E-state index is 0.124. The third-order valence-electron chi connectivity index (χ3n) is 4.77. The number of fused-ring (bicyclic) bond motifs is 1. The van der Waals surface area contributed by atoms with Crippen LogP contribution >= 0.6 is 0 Å². The van der Waals surface area contributed by atoms with E-state index < -0.39 is 0 Å². The van der Waals surface area contributed by atoms with Gasteiger partial charge in [-0.05, 0) is 77.4 Å². The maximum atomic E-state index is 12.1. The zero-order chi connectivity index (χ0) is 21.0. The molecule has 1 amide bonds. The first kappa shape index (κ1) is 21.1. The van der Waals surface area contributed by atoms with E-state index in [0.29, 0.717) is 24.0 Å². The maximum Gasteiger partial charge on any atom is 0.254 e. The van der Waals surface area contributed by atoms with Crippen molar-refractivity contribution >= 4 is 16.8 Å². The van der Waals surface area contributed by atoms with Crippen LogP contribution in [-0.2, 0) is 0 Å². The Labute approximate surface area is 171 Å². The van der Waals surface area contributed by atoms with Crippen molar-refractivity contribution in [3.05, 3.63) is 47.9 Å². The number of aliphatic hydroxyl groups excluding tert-OH is 1. The zero-order valence-corrected chi connectivity index (χ0v) is 17.6. The van der Waals surface area contributed by atoms with Crippen molar-refractivity contribution in [3.63, 3.8) is 0 Å². The molecule has 1 atom stereocenters. The molecule has 0 aliphatic carbocycles. The fraction of sp³-hybridized carbons (Fsp3) is 0.435. The number of aryl methyl sites for hydroxylation is 1. The summed E-state index contributed by atoms with van der Waals surface area (Å²) in [5.74, 6) is 0.570. The van der Waals surface area contributed by atoms with Crippen LogP contribution in [0.4, 0.5) is 0 Å². The molecule has 3 aromatic rings. The lowest BCUT2D eigenvalue weighted by atomic mass is 10.1. The largest absolute Gasteiger partial charge is 0.464 e. The zero-order valence-electron chi connectivity index (χ0n) is 17.6. The van der Waals surface area contributed by atoms with Crippen molar-refractivity contribution in [2.45, 2.75) is 52.1 Å². The monoisotopic (exact) mass is 397 g/mol. The number of benzene rings is 1. The number of furan rings is 1. The fourth-order valence-electron chi connectivity index (χ4n) is 3.36. The summed E-state index contributed by atoms with van der Waals surface area (Å²) in [6, 6.07) is 10.3. The molecule has 6 nitrogen and oxygen atoms in total. The van der Waals surface area contributed by atoms with E-state index in [-0.39, 0.29) is 11.4 Å². The van der Waals surface area contributed by atoms with Crippen LogP contribution in [-0.4, -0.2) is 40.7 Å². The average molecular weight is 398 g/mol. The summed E-state index contributed by atoms with van der Waals surface area (Å²) in [5, 5.41) is 15.7. The minimum atomic E-state index is -0.268. The van der Waals surface area contributed by atoms with E-state index in [1.54, 1.807) is 6.07 Å². The molecule has 29 heavy (non-hydrogen) atoms. The molecule has 3 heterocycles. The predicted octanol–water partition coefficient (Wildman–Crippen LogP) is 4.00. The summed E-state index contributed by atoms with van der Waals surface area (Å²) < 4.78 is 5.57. The molecule has 1 fully saturated rings. The lowest BCUT2D eigenvalue weighted by molar-refractivity contribution is 0.0919. The topological polar surface area (TPSA) is 90.3 Å². The number of amides is 1. The number of carbonyl (C=O) groups excluding carboxylic acids is 1. The summed E-state index contributed by atoms with van der Waals surface area (Å²) in [5.41, 5.74) is 3.45. The number of hydrogen-bond donors (Lipinski definition) is 4. The van der Waals surface area contributed by atoms with Gasteiger partial charge in [0.15, 0.2) is 0 Å². The molecular weight excluding hydrogens is 366 g/mol. The second-order valence-corrected chi connectivity index (χ2v) is 8.63. The van der Waals surface area contributed by atoms with Crippen LogP contribution in [0.15, 0.2) is 41.0 Å². The van der Waals surface area contributed by atoms with Gasteiger partial charge in [0.2, 0.25) is 0 Å². The minimum Gasteiger partial charge on any atom is -0.464 e. The summed E-state index contributed by atoms with van der Waals surface area (Å²) in [6.07, 6.45) is 3.88. The van der Waals surface area contributed by atoms with Crippen LogP contribution in [0.5, 0.6) is 0 Å². The molecule has 0 radical (unpaired) electrons. The van der Waals surface area contributed by atoms with Gasteiger partial charge in [-0.1, -0.05) is 0 Å². The molecule has 0 saturated carbocycles. The quantitative estimate of drug-likeness (QED) is 0.538. The molecular formula is C23H31N3O3. The van der Waals surface area contributed by atoms with Gasteiger partial charge >= 0.3 is 0 Å². The number of aromatic nitrogens is 1. The number of aliphatic hydroxyl groups is 1. The summed E-state index contributed by atoms with van der Waals surface area (Å²) in [7, 11) is 0. The lowest BCUT2D eigenvalue weighted by Crippen LogP contribution is -2.40. The molecule has 4 rings (SSSR count). The predicted molar refractivity (Wildman–Crippen MR) is 116 cm³/mol. The van der Waals surface area contributed by atoms with E-state index in [2.05, 4.69) is 27.8 Å². The molecule has 1 aromatic carbocycles. The highest BCUT2D eigenvalue weighted by molar-refractivity contribution is 5.95. The van der Waals surface area contributed by atoms with Crippen LogP contribution in [0.3, 0.4) is 0 Å². The molecule has 1 unspecified atom stereocenters. The third kappa shape index (κ3) is 5.71. The van der Waals surface area contributed by atoms with Crippen LogP contribution in [0.2, 0.25) is 0 Å². The van der Waals surface area contributed by atoms with Gasteiger partial charge < -0.3 is 25.1 Å². The number of aromatic amines is 1. The molecule has 1 aliphatic heterocycles. The first-order valence-electron chi connectivity index (χ1n) is 10.1. The third-order valence-corrected chi connectivity index (χ3v) is 4.77. The first-order chi connectivity index (χ1) is 13.7. The number of hydrogen-bond acceptors (Lipinski definition) is 4. The number of rotatable bonds is 3. The van der Waals surface area contributed by atoms with Gasteiger partial charge in [0.1, 0.15) is 12.0 Å². The van der Waals surface area contributed by atoms with Crippen molar-refractivity contribution < 1.29 is 14.3 Å². The number of H-pyrrole nitrogens is 1. The highest BCUT2D eigenvalue weighted by Gasteiger charge is 2.17. The Morgan fingerprint density at radius 2 is 2.07 bits per heavy atom. The Hall–Kier alpha value is -2.57. The molecule has 0 bridgehead atoms. The highest BCUT2D eigenvalue weighted by Crippen LogP contribution is 2.26. The summed E-state index contributed by atoms with van der Waals surface area (Å²) >= 11 is 0. The van der Waals surface area contributed by atoms with Crippen LogP contribution in [0, 0.1) is 6.92 Å². The van der Waals surface area contributed by atoms with Crippen molar-refractivity contribution in [2.75, 3.05) is 13.2 Å². The van der Waals surface area contributed by atoms with E-state index in [1.165, 1.54) is 12.7 Å². The van der Waals surface area contributed by atoms with Crippen molar-refractivity contribution in [1.29, 1.82) is 0 Å². The molecule has 0 spiro atoms. The normalized spacial score (nSPS) is 16.5. The average Bonchev–Trinajstić information content (AvgIpc) is 3.39. The molecule has 1 aliphatic rings. The summed E-state index contributed by atoms with van der Waals surface area (Å²) in [6.45, 7) is 9.28. The molecule has 1 saturated heterocycles. The second-order valence-electron chi connectivity index (χ2n) is 8.63. The summed E-state index contributed by atoms with van der Waals surface area (Å²) in [4.78, 5) is 15.4. The Morgan fingerprint density at radius 3 is 2.69 bits per heavy atom. The fourth-order valence-corrected chi connectivity index (χ4v) is 3.36. The van der Waals surface area contributed by atoms with E-state index in [4.69, 9.17) is 9.52 Å². The molecule has 6 heteroatoms. The van der Waals surface area contributed by atoms with Gasteiger partial charge in [0.05, 0.1) is 12.2 Å². The maximum absolute atomic E-state index is 12.1. The smallest absolute Gasteiger partial charge is 0.254 e. The van der Waals surface area contributed by atoms with Gasteiger partial charge in [0, 0.05) is 33.7 Å². The van der Waals surface area contributed by atoms with Crippen LogP contribution in [0.1, 0.15) is 49.7 Å². The Kier molecular flexibility index (Phi) is 6.45. The van der Waals surface area contributed by atoms with Gasteiger partial charge in [-0.2, -0.15) is 0 Å². The molecule has 2 aromatic heterocycles.